The van der Waals surface area contributed by atoms with Crippen LogP contribution in [0.15, 0.2) is 23.1 Å². The van der Waals surface area contributed by atoms with Crippen LogP contribution in [0, 0.1) is 0 Å². The summed E-state index contributed by atoms with van der Waals surface area (Å²) < 4.78 is 65.1. The Kier molecular flexibility index (Phi) is 4.75. The number of hydrogen-bond acceptors (Lipinski definition) is 3. The van der Waals surface area contributed by atoms with Crippen LogP contribution >= 0.6 is 11.6 Å². The summed E-state index contributed by atoms with van der Waals surface area (Å²) >= 11 is 5.64. The van der Waals surface area contributed by atoms with Gasteiger partial charge in [0, 0.05) is 12.1 Å². The number of alkyl halides is 3. The third kappa shape index (κ3) is 3.85. The molecule has 0 atom stereocenters. The molecule has 4 nitrogen and oxygen atoms in total. The predicted molar refractivity (Wildman–Crippen MR) is 69.9 cm³/mol. The molecule has 0 aliphatic rings. The SMILES string of the molecule is CC(C)(CN)NS(=O)(=O)c1c(Cl)cccc1C(F)(F)F. The normalized spacial score (nSPS) is 13.6. The number of benzene rings is 1. The molecule has 9 heteroatoms. The van der Waals surface area contributed by atoms with Crippen LogP contribution in [0.1, 0.15) is 19.4 Å². The van der Waals surface area contributed by atoms with Crippen LogP contribution in [0.3, 0.4) is 0 Å². The smallest absolute Gasteiger partial charge is 0.329 e. The first-order valence-corrected chi connectivity index (χ1v) is 7.36. The zero-order valence-corrected chi connectivity index (χ0v) is 12.3. The highest BCUT2D eigenvalue weighted by atomic mass is 35.5. The molecule has 0 radical (unpaired) electrons. The van der Waals surface area contributed by atoms with Crippen LogP contribution < -0.4 is 10.5 Å². The van der Waals surface area contributed by atoms with Crippen molar-refractivity contribution in [1.29, 1.82) is 0 Å². The fraction of sp³-hybridized carbons (Fsp3) is 0.455. The molecule has 0 bridgehead atoms. The van der Waals surface area contributed by atoms with Crippen LogP contribution in [0.5, 0.6) is 0 Å². The van der Waals surface area contributed by atoms with E-state index in [0.717, 1.165) is 12.1 Å². The Hall–Kier alpha value is -0.830. The maximum atomic E-state index is 12.9. The molecule has 0 heterocycles. The van der Waals surface area contributed by atoms with Crippen molar-refractivity contribution < 1.29 is 21.6 Å². The average Bonchev–Trinajstić information content (AvgIpc) is 2.25. The summed E-state index contributed by atoms with van der Waals surface area (Å²) in [5.74, 6) is 0. The second-order valence-corrected chi connectivity index (χ2v) is 6.83. The first-order chi connectivity index (χ1) is 8.91. The molecular weight excluding hydrogens is 317 g/mol. The summed E-state index contributed by atoms with van der Waals surface area (Å²) in [6.07, 6.45) is -4.83. The summed E-state index contributed by atoms with van der Waals surface area (Å²) in [7, 11) is -4.46. The van der Waals surface area contributed by atoms with E-state index < -0.39 is 37.2 Å². The summed E-state index contributed by atoms with van der Waals surface area (Å²) in [6, 6.07) is 2.79. The van der Waals surface area contributed by atoms with E-state index in [1.54, 1.807) is 0 Å². The zero-order valence-electron chi connectivity index (χ0n) is 10.8. The highest BCUT2D eigenvalue weighted by Crippen LogP contribution is 2.37. The quantitative estimate of drug-likeness (QED) is 0.890. The molecule has 0 fully saturated rings. The van der Waals surface area contributed by atoms with Gasteiger partial charge >= 0.3 is 6.18 Å². The summed E-state index contributed by atoms with van der Waals surface area (Å²) in [6.45, 7) is 2.82. The van der Waals surface area contributed by atoms with Crippen molar-refractivity contribution in [2.24, 2.45) is 5.73 Å². The Morgan fingerprint density at radius 1 is 1.30 bits per heavy atom. The largest absolute Gasteiger partial charge is 0.417 e. The number of nitrogens with one attached hydrogen (secondary N) is 1. The number of rotatable bonds is 4. The van der Waals surface area contributed by atoms with E-state index in [2.05, 4.69) is 4.72 Å². The lowest BCUT2D eigenvalue weighted by Gasteiger charge is -2.25. The van der Waals surface area contributed by atoms with Crippen LogP contribution in [0.25, 0.3) is 0 Å². The van der Waals surface area contributed by atoms with Crippen LogP contribution in [-0.2, 0) is 16.2 Å². The first kappa shape index (κ1) is 17.2. The molecule has 1 aromatic rings. The first-order valence-electron chi connectivity index (χ1n) is 5.50. The van der Waals surface area contributed by atoms with Crippen molar-refractivity contribution in [3.05, 3.63) is 28.8 Å². The molecule has 1 aromatic carbocycles. The van der Waals surface area contributed by atoms with Crippen molar-refractivity contribution in [2.75, 3.05) is 6.54 Å². The van der Waals surface area contributed by atoms with E-state index in [9.17, 15) is 21.6 Å². The van der Waals surface area contributed by atoms with Gasteiger partial charge in [-0.15, -0.1) is 0 Å². The highest BCUT2D eigenvalue weighted by molar-refractivity contribution is 7.89. The second kappa shape index (κ2) is 5.51. The third-order valence-electron chi connectivity index (χ3n) is 2.46. The minimum atomic E-state index is -4.83. The van der Waals surface area contributed by atoms with Crippen LogP contribution in [0.2, 0.25) is 5.02 Å². The van der Waals surface area contributed by atoms with Gasteiger partial charge in [-0.25, -0.2) is 13.1 Å². The minimum absolute atomic E-state index is 0.0853. The number of nitrogens with two attached hydrogens (primary N) is 1. The minimum Gasteiger partial charge on any atom is -0.329 e. The fourth-order valence-electron chi connectivity index (χ4n) is 1.46. The molecule has 0 aromatic heterocycles. The molecule has 0 unspecified atom stereocenters. The summed E-state index contributed by atoms with van der Waals surface area (Å²) in [5, 5.41) is -0.500. The zero-order chi connectivity index (χ0) is 15.8. The van der Waals surface area contributed by atoms with Crippen molar-refractivity contribution in [2.45, 2.75) is 30.5 Å². The molecule has 0 aliphatic carbocycles. The molecule has 20 heavy (non-hydrogen) atoms. The van der Waals surface area contributed by atoms with Crippen molar-refractivity contribution in [1.82, 2.24) is 4.72 Å². The third-order valence-corrected chi connectivity index (χ3v) is 4.69. The monoisotopic (exact) mass is 330 g/mol. The van der Waals surface area contributed by atoms with Gasteiger partial charge in [-0.05, 0) is 26.0 Å². The lowest BCUT2D eigenvalue weighted by Crippen LogP contribution is -2.49. The number of halogens is 4. The second-order valence-electron chi connectivity index (χ2n) is 4.81. The molecule has 114 valence electrons. The maximum absolute atomic E-state index is 12.9. The Labute approximate surface area is 120 Å². The maximum Gasteiger partial charge on any atom is 0.417 e. The fourth-order valence-corrected chi connectivity index (χ4v) is 3.65. The summed E-state index contributed by atoms with van der Waals surface area (Å²) in [5.41, 5.74) is 2.96. The van der Waals surface area contributed by atoms with E-state index in [1.807, 2.05) is 0 Å². The van der Waals surface area contributed by atoms with E-state index in [4.69, 9.17) is 17.3 Å². The van der Waals surface area contributed by atoms with Crippen molar-refractivity contribution in [3.63, 3.8) is 0 Å². The van der Waals surface area contributed by atoms with Gasteiger partial charge < -0.3 is 5.73 Å². The van der Waals surface area contributed by atoms with Gasteiger partial charge in [-0.2, -0.15) is 13.2 Å². The molecule has 0 amide bonds. The van der Waals surface area contributed by atoms with E-state index >= 15 is 0 Å². The molecule has 0 saturated heterocycles. The summed E-state index contributed by atoms with van der Waals surface area (Å²) in [4.78, 5) is -0.990. The van der Waals surface area contributed by atoms with Crippen LogP contribution in [0.4, 0.5) is 13.2 Å². The Balaban J connectivity index is 3.47. The van der Waals surface area contributed by atoms with Gasteiger partial charge in [-0.1, -0.05) is 17.7 Å². The van der Waals surface area contributed by atoms with Gasteiger partial charge in [0.15, 0.2) is 0 Å². The lowest BCUT2D eigenvalue weighted by atomic mass is 10.1. The highest BCUT2D eigenvalue weighted by Gasteiger charge is 2.39. The number of hydrogen-bond donors (Lipinski definition) is 2. The van der Waals surface area contributed by atoms with Gasteiger partial charge in [0.2, 0.25) is 10.0 Å². The molecule has 1 rings (SSSR count). The molecular formula is C11H14ClF3N2O2S. The lowest BCUT2D eigenvalue weighted by molar-refractivity contribution is -0.139. The average molecular weight is 331 g/mol. The van der Waals surface area contributed by atoms with E-state index in [1.165, 1.54) is 13.8 Å². The Morgan fingerprint density at radius 3 is 2.30 bits per heavy atom. The van der Waals surface area contributed by atoms with E-state index in [0.29, 0.717) is 6.07 Å². The van der Waals surface area contributed by atoms with Gasteiger partial charge in [0.1, 0.15) is 4.90 Å². The molecule has 3 N–H and O–H groups in total. The van der Waals surface area contributed by atoms with Gasteiger partial charge in [0.05, 0.1) is 10.6 Å². The van der Waals surface area contributed by atoms with E-state index in [-0.39, 0.29) is 6.54 Å². The van der Waals surface area contributed by atoms with Crippen molar-refractivity contribution >= 4 is 21.6 Å². The molecule has 0 saturated carbocycles. The number of sulfonamides is 1. The molecule has 0 aliphatic heterocycles. The van der Waals surface area contributed by atoms with Crippen molar-refractivity contribution in [3.8, 4) is 0 Å². The van der Waals surface area contributed by atoms with Gasteiger partial charge in [0.25, 0.3) is 0 Å². The standard InChI is InChI=1S/C11H14ClF3N2O2S/c1-10(2,6-16)17-20(18,19)9-7(11(13,14)15)4-3-5-8(9)12/h3-5,17H,6,16H2,1-2H3. The Bertz CT molecular complexity index is 600. The predicted octanol–water partition coefficient (Wildman–Crippen LogP) is 2.37. The van der Waals surface area contributed by atoms with Crippen LogP contribution in [-0.4, -0.2) is 20.5 Å². The Morgan fingerprint density at radius 2 is 1.85 bits per heavy atom. The molecule has 0 spiro atoms. The van der Waals surface area contributed by atoms with Gasteiger partial charge in [-0.3, -0.25) is 0 Å². The topological polar surface area (TPSA) is 72.2 Å².